The molecule has 2 heterocycles. The standard InChI is InChI=1S/C16H22N2O2/c1-9-6-11(8-20-9)14(17)10-4-5-13-12(7-10)16(2,3)15(19)18-13/h4-5,7,9,11,14H,6,8,17H2,1-3H3,(H,18,19). The van der Waals surface area contributed by atoms with Crippen molar-refractivity contribution in [2.24, 2.45) is 11.7 Å². The van der Waals surface area contributed by atoms with Crippen LogP contribution < -0.4 is 11.1 Å². The van der Waals surface area contributed by atoms with Crippen LogP contribution in [0, 0.1) is 5.92 Å². The van der Waals surface area contributed by atoms with Gasteiger partial charge in [-0.3, -0.25) is 4.79 Å². The maximum atomic E-state index is 12.0. The Morgan fingerprint density at radius 2 is 2.20 bits per heavy atom. The lowest BCUT2D eigenvalue weighted by Crippen LogP contribution is -2.27. The van der Waals surface area contributed by atoms with E-state index in [-0.39, 0.29) is 11.9 Å². The molecule has 0 spiro atoms. The lowest BCUT2D eigenvalue weighted by molar-refractivity contribution is -0.119. The van der Waals surface area contributed by atoms with Crippen molar-refractivity contribution in [2.75, 3.05) is 11.9 Å². The van der Waals surface area contributed by atoms with Gasteiger partial charge in [0.2, 0.25) is 5.91 Å². The number of carbonyl (C=O) groups is 1. The molecule has 0 radical (unpaired) electrons. The molecule has 3 atom stereocenters. The van der Waals surface area contributed by atoms with Gasteiger partial charge < -0.3 is 15.8 Å². The Bertz CT molecular complexity index is 553. The van der Waals surface area contributed by atoms with E-state index in [0.29, 0.717) is 12.0 Å². The van der Waals surface area contributed by atoms with Gasteiger partial charge in [-0.2, -0.15) is 0 Å². The molecule has 3 N–H and O–H groups in total. The van der Waals surface area contributed by atoms with E-state index < -0.39 is 5.41 Å². The SMILES string of the molecule is CC1CC(C(N)c2ccc3c(c2)C(C)(C)C(=O)N3)CO1. The number of hydrogen-bond donors (Lipinski definition) is 2. The van der Waals surface area contributed by atoms with Gasteiger partial charge in [-0.15, -0.1) is 0 Å². The van der Waals surface area contributed by atoms with E-state index in [4.69, 9.17) is 10.5 Å². The lowest BCUT2D eigenvalue weighted by Gasteiger charge is -2.21. The van der Waals surface area contributed by atoms with Crippen molar-refractivity contribution in [3.63, 3.8) is 0 Å². The van der Waals surface area contributed by atoms with E-state index in [9.17, 15) is 4.79 Å². The smallest absolute Gasteiger partial charge is 0.234 e. The summed E-state index contributed by atoms with van der Waals surface area (Å²) in [6.07, 6.45) is 1.29. The molecule has 2 aliphatic heterocycles. The fourth-order valence-electron chi connectivity index (χ4n) is 3.17. The van der Waals surface area contributed by atoms with Crippen molar-refractivity contribution in [1.29, 1.82) is 0 Å². The minimum absolute atomic E-state index is 0.0308. The zero-order valence-electron chi connectivity index (χ0n) is 12.3. The van der Waals surface area contributed by atoms with Crippen molar-refractivity contribution in [3.05, 3.63) is 29.3 Å². The van der Waals surface area contributed by atoms with Crippen molar-refractivity contribution >= 4 is 11.6 Å². The summed E-state index contributed by atoms with van der Waals surface area (Å²) < 4.78 is 5.61. The molecule has 3 rings (SSSR count). The minimum atomic E-state index is -0.482. The number of ether oxygens (including phenoxy) is 1. The van der Waals surface area contributed by atoms with Crippen LogP contribution in [0.15, 0.2) is 18.2 Å². The molecule has 1 aromatic rings. The zero-order chi connectivity index (χ0) is 14.5. The Labute approximate surface area is 119 Å². The molecule has 1 fully saturated rings. The number of anilines is 1. The quantitative estimate of drug-likeness (QED) is 0.870. The van der Waals surface area contributed by atoms with Crippen LogP contribution >= 0.6 is 0 Å². The molecule has 4 heteroatoms. The van der Waals surface area contributed by atoms with E-state index in [1.54, 1.807) is 0 Å². The third-order valence-corrected chi connectivity index (χ3v) is 4.66. The number of carbonyl (C=O) groups excluding carboxylic acids is 1. The Hall–Kier alpha value is -1.39. The second kappa shape index (κ2) is 4.57. The topological polar surface area (TPSA) is 64.4 Å². The Morgan fingerprint density at radius 3 is 2.85 bits per heavy atom. The summed E-state index contributed by atoms with van der Waals surface area (Å²) in [6, 6.07) is 6.04. The van der Waals surface area contributed by atoms with E-state index in [1.165, 1.54) is 0 Å². The van der Waals surface area contributed by atoms with Gasteiger partial charge in [0.15, 0.2) is 0 Å². The van der Waals surface area contributed by atoms with Gasteiger partial charge in [-0.05, 0) is 44.4 Å². The van der Waals surface area contributed by atoms with E-state index >= 15 is 0 Å². The minimum Gasteiger partial charge on any atom is -0.378 e. The molecular formula is C16H22N2O2. The summed E-state index contributed by atoms with van der Waals surface area (Å²) in [4.78, 5) is 12.0. The molecule has 108 valence electrons. The fourth-order valence-corrected chi connectivity index (χ4v) is 3.17. The Morgan fingerprint density at radius 1 is 1.45 bits per heavy atom. The number of benzene rings is 1. The first kappa shape index (κ1) is 13.6. The monoisotopic (exact) mass is 274 g/mol. The second-order valence-electron chi connectivity index (χ2n) is 6.55. The molecule has 1 aromatic carbocycles. The highest BCUT2D eigenvalue weighted by atomic mass is 16.5. The first-order chi connectivity index (χ1) is 9.39. The molecule has 0 saturated carbocycles. The first-order valence-electron chi connectivity index (χ1n) is 7.22. The number of hydrogen-bond acceptors (Lipinski definition) is 3. The van der Waals surface area contributed by atoms with Crippen LogP contribution in [0.5, 0.6) is 0 Å². The van der Waals surface area contributed by atoms with Gasteiger partial charge in [-0.25, -0.2) is 0 Å². The fraction of sp³-hybridized carbons (Fsp3) is 0.562. The van der Waals surface area contributed by atoms with Crippen LogP contribution in [0.1, 0.15) is 44.4 Å². The van der Waals surface area contributed by atoms with Gasteiger partial charge in [0.25, 0.3) is 0 Å². The lowest BCUT2D eigenvalue weighted by atomic mass is 9.83. The van der Waals surface area contributed by atoms with Crippen molar-refractivity contribution in [3.8, 4) is 0 Å². The normalized spacial score (nSPS) is 29.1. The number of nitrogens with two attached hydrogens (primary N) is 1. The van der Waals surface area contributed by atoms with Crippen LogP contribution in [0.25, 0.3) is 0 Å². The van der Waals surface area contributed by atoms with E-state index in [2.05, 4.69) is 18.3 Å². The van der Waals surface area contributed by atoms with Crippen LogP contribution in [-0.2, 0) is 14.9 Å². The summed E-state index contributed by atoms with van der Waals surface area (Å²) in [5, 5.41) is 2.93. The number of fused-ring (bicyclic) bond motifs is 1. The highest BCUT2D eigenvalue weighted by Gasteiger charge is 2.39. The largest absolute Gasteiger partial charge is 0.378 e. The Kier molecular flexibility index (Phi) is 3.10. The molecule has 0 aromatic heterocycles. The van der Waals surface area contributed by atoms with Crippen LogP contribution in [0.3, 0.4) is 0 Å². The first-order valence-corrected chi connectivity index (χ1v) is 7.22. The molecule has 2 aliphatic rings. The van der Waals surface area contributed by atoms with Gasteiger partial charge in [0, 0.05) is 17.6 Å². The molecule has 0 bridgehead atoms. The average molecular weight is 274 g/mol. The number of amides is 1. The summed E-state index contributed by atoms with van der Waals surface area (Å²) >= 11 is 0. The third-order valence-electron chi connectivity index (χ3n) is 4.66. The predicted molar refractivity (Wildman–Crippen MR) is 78.5 cm³/mol. The van der Waals surface area contributed by atoms with Crippen LogP contribution in [0.2, 0.25) is 0 Å². The maximum absolute atomic E-state index is 12.0. The van der Waals surface area contributed by atoms with Crippen LogP contribution in [0.4, 0.5) is 5.69 Å². The van der Waals surface area contributed by atoms with Crippen LogP contribution in [-0.4, -0.2) is 18.6 Å². The van der Waals surface area contributed by atoms with Crippen molar-refractivity contribution in [1.82, 2.24) is 0 Å². The molecule has 20 heavy (non-hydrogen) atoms. The summed E-state index contributed by atoms with van der Waals surface area (Å²) in [5.74, 6) is 0.410. The predicted octanol–water partition coefficient (Wildman–Crippen LogP) is 2.34. The summed E-state index contributed by atoms with van der Waals surface area (Å²) in [6.45, 7) is 6.70. The van der Waals surface area contributed by atoms with Gasteiger partial charge in [0.05, 0.1) is 18.1 Å². The van der Waals surface area contributed by atoms with Crippen molar-refractivity contribution in [2.45, 2.75) is 44.8 Å². The molecule has 1 saturated heterocycles. The number of rotatable bonds is 2. The molecule has 3 unspecified atom stereocenters. The molecular weight excluding hydrogens is 252 g/mol. The highest BCUT2D eigenvalue weighted by molar-refractivity contribution is 6.05. The molecule has 1 amide bonds. The van der Waals surface area contributed by atoms with Gasteiger partial charge >= 0.3 is 0 Å². The molecule has 0 aliphatic carbocycles. The molecule has 4 nitrogen and oxygen atoms in total. The number of nitrogens with one attached hydrogen (secondary N) is 1. The third kappa shape index (κ3) is 2.03. The second-order valence-corrected chi connectivity index (χ2v) is 6.55. The van der Waals surface area contributed by atoms with Gasteiger partial charge in [-0.1, -0.05) is 12.1 Å². The van der Waals surface area contributed by atoms with Gasteiger partial charge in [0.1, 0.15) is 0 Å². The maximum Gasteiger partial charge on any atom is 0.234 e. The van der Waals surface area contributed by atoms with Crippen molar-refractivity contribution < 1.29 is 9.53 Å². The zero-order valence-corrected chi connectivity index (χ0v) is 12.3. The highest BCUT2D eigenvalue weighted by Crippen LogP contribution is 2.40. The Balaban J connectivity index is 1.90. The van der Waals surface area contributed by atoms with E-state index in [1.807, 2.05) is 26.0 Å². The summed E-state index contributed by atoms with van der Waals surface area (Å²) in [7, 11) is 0. The average Bonchev–Trinajstić information content (AvgIpc) is 2.92. The van der Waals surface area contributed by atoms with E-state index in [0.717, 1.165) is 29.8 Å². The summed E-state index contributed by atoms with van der Waals surface area (Å²) in [5.41, 5.74) is 8.96.